The summed E-state index contributed by atoms with van der Waals surface area (Å²) in [5, 5.41) is 4.16. The van der Waals surface area contributed by atoms with E-state index in [1.807, 2.05) is 31.2 Å². The Hall–Kier alpha value is -0.830. The van der Waals surface area contributed by atoms with Crippen molar-refractivity contribution in [1.29, 1.82) is 0 Å². The lowest BCUT2D eigenvalue weighted by Gasteiger charge is -2.31. The number of halogens is 1. The van der Waals surface area contributed by atoms with Gasteiger partial charge in [-0.25, -0.2) is 0 Å². The lowest BCUT2D eigenvalue weighted by Crippen LogP contribution is -2.42. The van der Waals surface area contributed by atoms with E-state index < -0.39 is 0 Å². The summed E-state index contributed by atoms with van der Waals surface area (Å²) >= 11 is 3.56. The van der Waals surface area contributed by atoms with Crippen molar-refractivity contribution < 1.29 is 4.79 Å². The first-order valence-corrected chi connectivity index (χ1v) is 7.76. The van der Waals surface area contributed by atoms with Crippen LogP contribution in [0.5, 0.6) is 0 Å². The van der Waals surface area contributed by atoms with Gasteiger partial charge in [0, 0.05) is 16.9 Å². The smallest absolute Gasteiger partial charge is 0.251 e. The fourth-order valence-electron chi connectivity index (χ4n) is 2.54. The molecule has 0 saturated heterocycles. The number of nitrogens with one attached hydrogen (secondary N) is 1. The Labute approximate surface area is 117 Å². The molecule has 2 rings (SSSR count). The van der Waals surface area contributed by atoms with Gasteiger partial charge < -0.3 is 5.32 Å². The predicted molar refractivity (Wildman–Crippen MR) is 78.2 cm³/mol. The number of rotatable bonds is 3. The molecule has 1 aliphatic rings. The van der Waals surface area contributed by atoms with Gasteiger partial charge in [-0.3, -0.25) is 4.79 Å². The monoisotopic (exact) mass is 309 g/mol. The normalized spacial score (nSPS) is 23.7. The lowest BCUT2D eigenvalue weighted by molar-refractivity contribution is 0.0911. The molecule has 98 valence electrons. The molecule has 2 unspecified atom stereocenters. The van der Waals surface area contributed by atoms with Crippen LogP contribution in [0.1, 0.15) is 41.6 Å². The standard InChI is InChI=1S/C15H20BrNO/c1-11-6-8-12(9-7-11)15(18)17-14-5-3-2-4-13(14)10-16/h6-9,13-14H,2-5,10H2,1H3,(H,17,18). The molecule has 0 heterocycles. The number of hydrogen-bond donors (Lipinski definition) is 1. The van der Waals surface area contributed by atoms with Crippen LogP contribution in [0.4, 0.5) is 0 Å². The van der Waals surface area contributed by atoms with Crippen molar-refractivity contribution in [2.24, 2.45) is 5.92 Å². The van der Waals surface area contributed by atoms with E-state index in [9.17, 15) is 4.79 Å². The third-order valence-electron chi connectivity index (χ3n) is 3.74. The van der Waals surface area contributed by atoms with Gasteiger partial charge in [0.15, 0.2) is 0 Å². The molecule has 18 heavy (non-hydrogen) atoms. The molecule has 1 aromatic rings. The number of hydrogen-bond acceptors (Lipinski definition) is 1. The molecule has 0 aromatic heterocycles. The zero-order valence-corrected chi connectivity index (χ0v) is 12.4. The van der Waals surface area contributed by atoms with Gasteiger partial charge in [-0.05, 0) is 37.8 Å². The Morgan fingerprint density at radius 2 is 1.94 bits per heavy atom. The average Bonchev–Trinajstić information content (AvgIpc) is 2.40. The van der Waals surface area contributed by atoms with Crippen LogP contribution in [0.25, 0.3) is 0 Å². The van der Waals surface area contributed by atoms with Crippen molar-refractivity contribution in [3.8, 4) is 0 Å². The summed E-state index contributed by atoms with van der Waals surface area (Å²) < 4.78 is 0. The summed E-state index contributed by atoms with van der Waals surface area (Å²) in [5.41, 5.74) is 1.95. The molecule has 0 aliphatic heterocycles. The molecule has 2 atom stereocenters. The molecule has 0 spiro atoms. The number of aryl methyl sites for hydroxylation is 1. The second-order valence-corrected chi connectivity index (χ2v) is 5.79. The largest absolute Gasteiger partial charge is 0.349 e. The van der Waals surface area contributed by atoms with E-state index in [0.29, 0.717) is 12.0 Å². The fourth-order valence-corrected chi connectivity index (χ4v) is 3.31. The van der Waals surface area contributed by atoms with Gasteiger partial charge in [0.25, 0.3) is 5.91 Å². The molecule has 1 fully saturated rings. The maximum absolute atomic E-state index is 12.2. The van der Waals surface area contributed by atoms with Crippen LogP contribution in [0, 0.1) is 12.8 Å². The second kappa shape index (κ2) is 6.37. The van der Waals surface area contributed by atoms with E-state index >= 15 is 0 Å². The van der Waals surface area contributed by atoms with Crippen molar-refractivity contribution in [3.63, 3.8) is 0 Å². The SMILES string of the molecule is Cc1ccc(C(=O)NC2CCCCC2CBr)cc1. The Balaban J connectivity index is 1.99. The summed E-state index contributed by atoms with van der Waals surface area (Å²) in [7, 11) is 0. The second-order valence-electron chi connectivity index (χ2n) is 5.14. The number of benzene rings is 1. The van der Waals surface area contributed by atoms with Gasteiger partial charge >= 0.3 is 0 Å². The zero-order valence-electron chi connectivity index (χ0n) is 10.8. The third-order valence-corrected chi connectivity index (χ3v) is 4.57. The number of carbonyl (C=O) groups is 1. The van der Waals surface area contributed by atoms with Crippen molar-refractivity contribution in [2.75, 3.05) is 5.33 Å². The topological polar surface area (TPSA) is 29.1 Å². The summed E-state index contributed by atoms with van der Waals surface area (Å²) in [6.07, 6.45) is 4.83. The highest BCUT2D eigenvalue weighted by atomic mass is 79.9. The molecule has 0 radical (unpaired) electrons. The van der Waals surface area contributed by atoms with Crippen LogP contribution in [0.3, 0.4) is 0 Å². The average molecular weight is 310 g/mol. The maximum Gasteiger partial charge on any atom is 0.251 e. The van der Waals surface area contributed by atoms with Crippen molar-refractivity contribution in [3.05, 3.63) is 35.4 Å². The summed E-state index contributed by atoms with van der Waals surface area (Å²) in [6.45, 7) is 2.03. The molecular weight excluding hydrogens is 290 g/mol. The van der Waals surface area contributed by atoms with Crippen LogP contribution in [-0.2, 0) is 0 Å². The van der Waals surface area contributed by atoms with Gasteiger partial charge in [-0.2, -0.15) is 0 Å². The zero-order chi connectivity index (χ0) is 13.0. The maximum atomic E-state index is 12.2. The quantitative estimate of drug-likeness (QED) is 0.848. The van der Waals surface area contributed by atoms with E-state index in [2.05, 4.69) is 21.2 Å². The van der Waals surface area contributed by atoms with Gasteiger partial charge in [0.2, 0.25) is 0 Å². The van der Waals surface area contributed by atoms with Gasteiger partial charge in [-0.15, -0.1) is 0 Å². The first-order chi connectivity index (χ1) is 8.70. The number of alkyl halides is 1. The first kappa shape index (κ1) is 13.6. The molecule has 1 amide bonds. The van der Waals surface area contributed by atoms with Crippen molar-refractivity contribution in [1.82, 2.24) is 5.32 Å². The lowest BCUT2D eigenvalue weighted by atomic mass is 9.86. The minimum atomic E-state index is 0.0628. The van der Waals surface area contributed by atoms with Crippen molar-refractivity contribution >= 4 is 21.8 Å². The molecule has 1 aromatic carbocycles. The minimum Gasteiger partial charge on any atom is -0.349 e. The van der Waals surface area contributed by atoms with E-state index in [0.717, 1.165) is 17.3 Å². The summed E-state index contributed by atoms with van der Waals surface area (Å²) in [4.78, 5) is 12.2. The molecule has 3 heteroatoms. The van der Waals surface area contributed by atoms with Crippen LogP contribution >= 0.6 is 15.9 Å². The van der Waals surface area contributed by atoms with Crippen LogP contribution in [0.15, 0.2) is 24.3 Å². The summed E-state index contributed by atoms with van der Waals surface area (Å²) in [6, 6.07) is 8.09. The van der Waals surface area contributed by atoms with Gasteiger partial charge in [-0.1, -0.05) is 46.5 Å². The highest BCUT2D eigenvalue weighted by molar-refractivity contribution is 9.09. The molecule has 2 nitrogen and oxygen atoms in total. The van der Waals surface area contributed by atoms with Crippen molar-refractivity contribution in [2.45, 2.75) is 38.6 Å². The molecule has 1 N–H and O–H groups in total. The van der Waals surface area contributed by atoms with Crippen LogP contribution in [0.2, 0.25) is 0 Å². The minimum absolute atomic E-state index is 0.0628. The van der Waals surface area contributed by atoms with E-state index in [4.69, 9.17) is 0 Å². The Morgan fingerprint density at radius 1 is 1.28 bits per heavy atom. The van der Waals surface area contributed by atoms with Gasteiger partial charge in [0.05, 0.1) is 0 Å². The molecule has 1 aliphatic carbocycles. The number of carbonyl (C=O) groups excluding carboxylic acids is 1. The predicted octanol–water partition coefficient (Wildman–Crippen LogP) is 3.68. The highest BCUT2D eigenvalue weighted by Gasteiger charge is 2.25. The Kier molecular flexibility index (Phi) is 4.81. The Morgan fingerprint density at radius 3 is 2.61 bits per heavy atom. The molecule has 1 saturated carbocycles. The highest BCUT2D eigenvalue weighted by Crippen LogP contribution is 2.26. The summed E-state index contributed by atoms with van der Waals surface area (Å²) in [5.74, 6) is 0.640. The van der Waals surface area contributed by atoms with Crippen LogP contribution in [-0.4, -0.2) is 17.3 Å². The first-order valence-electron chi connectivity index (χ1n) is 6.64. The van der Waals surface area contributed by atoms with E-state index in [1.165, 1.54) is 24.8 Å². The molecule has 0 bridgehead atoms. The Bertz CT molecular complexity index is 401. The van der Waals surface area contributed by atoms with Gasteiger partial charge in [0.1, 0.15) is 0 Å². The van der Waals surface area contributed by atoms with E-state index in [-0.39, 0.29) is 5.91 Å². The van der Waals surface area contributed by atoms with Crippen LogP contribution < -0.4 is 5.32 Å². The molecular formula is C15H20BrNO. The number of amides is 1. The van der Waals surface area contributed by atoms with E-state index in [1.54, 1.807) is 0 Å². The fraction of sp³-hybridized carbons (Fsp3) is 0.533. The third kappa shape index (κ3) is 3.35.